The molecule has 0 fully saturated rings. The molecule has 0 aromatic heterocycles. The Balaban J connectivity index is 0.000000300. The summed E-state index contributed by atoms with van der Waals surface area (Å²) in [6, 6.07) is 21.8. The lowest BCUT2D eigenvalue weighted by Gasteiger charge is -2.14. The number of carbonyl (C=O) groups is 4. The van der Waals surface area contributed by atoms with Gasteiger partial charge in [-0.15, -0.1) is 0 Å². The van der Waals surface area contributed by atoms with Gasteiger partial charge < -0.3 is 30.3 Å². The topological polar surface area (TPSA) is 179 Å². The molecule has 10 heteroatoms. The minimum atomic E-state index is -1.08. The molecule has 3 rings (SSSR count). The molecule has 0 aliphatic carbocycles. The number of aliphatic hydroxyl groups is 2. The number of esters is 1. The average Bonchev–Trinajstić information content (AvgIpc) is 2.90. The highest BCUT2D eigenvalue weighted by molar-refractivity contribution is 5.92. The molecule has 5 N–H and O–H groups in total. The monoisotopic (exact) mass is 498 g/mol. The van der Waals surface area contributed by atoms with Crippen molar-refractivity contribution in [3.8, 4) is 0 Å². The molecule has 10 nitrogen and oxygen atoms in total. The van der Waals surface area contributed by atoms with E-state index in [4.69, 9.17) is 30.3 Å². The first kappa shape index (κ1) is 29.5. The molecule has 0 spiro atoms. The van der Waals surface area contributed by atoms with Crippen LogP contribution in [0.1, 0.15) is 47.9 Å². The molecule has 0 heterocycles. The molecule has 0 saturated heterocycles. The molecule has 0 aliphatic heterocycles. The fourth-order valence-electron chi connectivity index (χ4n) is 2.46. The third-order valence-electron chi connectivity index (χ3n) is 4.34. The summed E-state index contributed by atoms with van der Waals surface area (Å²) in [7, 11) is 0. The smallest absolute Gasteiger partial charge is 0.338 e. The fraction of sp³-hybridized carbons (Fsp3) is 0.154. The highest BCUT2D eigenvalue weighted by atomic mass is 16.6. The molecule has 3 aromatic carbocycles. The van der Waals surface area contributed by atoms with E-state index in [-0.39, 0.29) is 30.8 Å². The summed E-state index contributed by atoms with van der Waals surface area (Å²) in [5, 5.41) is 43.0. The zero-order valence-corrected chi connectivity index (χ0v) is 19.1. The van der Waals surface area contributed by atoms with Crippen molar-refractivity contribution >= 4 is 23.9 Å². The lowest BCUT2D eigenvalue weighted by atomic mass is 10.1. The zero-order valence-electron chi connectivity index (χ0n) is 19.1. The largest absolute Gasteiger partial charge is 0.478 e. The van der Waals surface area contributed by atoms with Crippen LogP contribution in [-0.4, -0.2) is 68.7 Å². The van der Waals surface area contributed by atoms with Crippen LogP contribution in [-0.2, 0) is 4.74 Å². The van der Waals surface area contributed by atoms with Crippen LogP contribution in [0, 0.1) is 0 Å². The van der Waals surface area contributed by atoms with E-state index in [0.29, 0.717) is 11.1 Å². The maximum Gasteiger partial charge on any atom is 0.338 e. The van der Waals surface area contributed by atoms with Gasteiger partial charge in [0.1, 0.15) is 6.10 Å². The average molecular weight is 498 g/mol. The van der Waals surface area contributed by atoms with Crippen molar-refractivity contribution in [1.82, 2.24) is 0 Å². The first-order chi connectivity index (χ1) is 17.2. The van der Waals surface area contributed by atoms with Gasteiger partial charge in [0.2, 0.25) is 0 Å². The first-order valence-corrected chi connectivity index (χ1v) is 10.5. The van der Waals surface area contributed by atoms with E-state index < -0.39 is 30.0 Å². The molecule has 36 heavy (non-hydrogen) atoms. The SMILES string of the molecule is O=C(O)c1ccc(C(=O)OC(CO)CCO)cc1.O=C(O)c1ccccc1.O=C(O)c1ccccc1. The fourth-order valence-corrected chi connectivity index (χ4v) is 2.46. The number of ether oxygens (including phenoxy) is 1. The van der Waals surface area contributed by atoms with Crippen LogP contribution < -0.4 is 0 Å². The number of hydrogen-bond acceptors (Lipinski definition) is 7. The Morgan fingerprint density at radius 1 is 0.583 bits per heavy atom. The van der Waals surface area contributed by atoms with Gasteiger partial charge in [0, 0.05) is 13.0 Å². The molecule has 0 saturated carbocycles. The predicted octanol–water partition coefficient (Wildman–Crippen LogP) is 3.05. The Hall–Kier alpha value is -4.54. The first-order valence-electron chi connectivity index (χ1n) is 10.5. The van der Waals surface area contributed by atoms with E-state index in [1.807, 2.05) is 0 Å². The molecule has 0 aliphatic rings. The quantitative estimate of drug-likeness (QED) is 0.290. The predicted molar refractivity (Wildman–Crippen MR) is 128 cm³/mol. The zero-order chi connectivity index (χ0) is 26.9. The second-order valence-corrected chi connectivity index (χ2v) is 6.95. The van der Waals surface area contributed by atoms with E-state index >= 15 is 0 Å². The molecule has 1 unspecified atom stereocenters. The van der Waals surface area contributed by atoms with E-state index in [9.17, 15) is 19.2 Å². The lowest BCUT2D eigenvalue weighted by Crippen LogP contribution is -2.23. The van der Waals surface area contributed by atoms with Gasteiger partial charge >= 0.3 is 23.9 Å². The highest BCUT2D eigenvalue weighted by Gasteiger charge is 2.15. The Labute approximate surface area is 206 Å². The summed E-state index contributed by atoms with van der Waals surface area (Å²) >= 11 is 0. The van der Waals surface area contributed by atoms with Gasteiger partial charge in [0.25, 0.3) is 0 Å². The van der Waals surface area contributed by atoms with Crippen LogP contribution >= 0.6 is 0 Å². The van der Waals surface area contributed by atoms with Gasteiger partial charge in [-0.3, -0.25) is 0 Å². The summed E-state index contributed by atoms with van der Waals surface area (Å²) in [6.07, 6.45) is -0.614. The Kier molecular flexibility index (Phi) is 13.2. The van der Waals surface area contributed by atoms with Crippen LogP contribution in [0.3, 0.4) is 0 Å². The molecule has 3 aromatic rings. The Morgan fingerprint density at radius 2 is 0.944 bits per heavy atom. The van der Waals surface area contributed by atoms with Gasteiger partial charge in [-0.25, -0.2) is 19.2 Å². The maximum atomic E-state index is 11.6. The normalized spacial score (nSPS) is 10.4. The summed E-state index contributed by atoms with van der Waals surface area (Å²) in [5.41, 5.74) is 0.923. The summed E-state index contributed by atoms with van der Waals surface area (Å²) in [6.45, 7) is -0.573. The second-order valence-electron chi connectivity index (χ2n) is 6.95. The van der Waals surface area contributed by atoms with Crippen molar-refractivity contribution in [2.45, 2.75) is 12.5 Å². The van der Waals surface area contributed by atoms with Crippen molar-refractivity contribution in [3.63, 3.8) is 0 Å². The molecule has 190 valence electrons. The number of aliphatic hydroxyl groups excluding tert-OH is 2. The Bertz CT molecular complexity index is 1050. The van der Waals surface area contributed by atoms with Crippen molar-refractivity contribution in [2.24, 2.45) is 0 Å². The molecular formula is C26H26O10. The van der Waals surface area contributed by atoms with Crippen molar-refractivity contribution in [1.29, 1.82) is 0 Å². The third-order valence-corrected chi connectivity index (χ3v) is 4.34. The van der Waals surface area contributed by atoms with Crippen molar-refractivity contribution < 1.29 is 49.4 Å². The highest BCUT2D eigenvalue weighted by Crippen LogP contribution is 2.08. The number of rotatable bonds is 8. The molecule has 0 amide bonds. The summed E-state index contributed by atoms with van der Waals surface area (Å²) < 4.78 is 4.93. The van der Waals surface area contributed by atoms with Gasteiger partial charge in [-0.05, 0) is 48.5 Å². The lowest BCUT2D eigenvalue weighted by molar-refractivity contribution is 0.00663. The van der Waals surface area contributed by atoms with E-state index in [1.165, 1.54) is 24.3 Å². The van der Waals surface area contributed by atoms with E-state index in [1.54, 1.807) is 60.7 Å². The van der Waals surface area contributed by atoms with Gasteiger partial charge in [-0.1, -0.05) is 36.4 Å². The molecular weight excluding hydrogens is 472 g/mol. The van der Waals surface area contributed by atoms with Crippen LogP contribution in [0.4, 0.5) is 0 Å². The minimum absolute atomic E-state index is 0.0700. The van der Waals surface area contributed by atoms with E-state index in [2.05, 4.69) is 0 Å². The van der Waals surface area contributed by atoms with Gasteiger partial charge in [0.05, 0.1) is 28.9 Å². The van der Waals surface area contributed by atoms with Crippen LogP contribution in [0.15, 0.2) is 84.9 Å². The number of carboxylic acids is 3. The van der Waals surface area contributed by atoms with Crippen LogP contribution in [0.2, 0.25) is 0 Å². The number of benzene rings is 3. The number of carboxylic acid groups (broad SMARTS) is 3. The molecule has 1 atom stereocenters. The standard InChI is InChI=1S/C12H14O6.2C7H6O2/c13-6-5-10(7-14)18-12(17)9-3-1-8(2-4-9)11(15)16;2*8-7(9)6-4-2-1-3-5-6/h1-4,10,13-14H,5-7H2,(H,15,16);2*1-5H,(H,8,9). The number of hydrogen-bond donors (Lipinski definition) is 5. The summed E-state index contributed by atoms with van der Waals surface area (Å²) in [5.74, 6) is -3.51. The van der Waals surface area contributed by atoms with Crippen molar-refractivity contribution in [3.05, 3.63) is 107 Å². The Morgan fingerprint density at radius 3 is 1.25 bits per heavy atom. The van der Waals surface area contributed by atoms with E-state index in [0.717, 1.165) is 0 Å². The second kappa shape index (κ2) is 16.1. The number of carbonyl (C=O) groups excluding carboxylic acids is 1. The maximum absolute atomic E-state index is 11.6. The van der Waals surface area contributed by atoms with Crippen LogP contribution in [0.25, 0.3) is 0 Å². The van der Waals surface area contributed by atoms with Crippen LogP contribution in [0.5, 0.6) is 0 Å². The van der Waals surface area contributed by atoms with Gasteiger partial charge in [0.15, 0.2) is 0 Å². The molecule has 0 bridgehead atoms. The minimum Gasteiger partial charge on any atom is -0.478 e. The number of aromatic carboxylic acids is 3. The summed E-state index contributed by atoms with van der Waals surface area (Å²) in [4.78, 5) is 42.6. The third kappa shape index (κ3) is 11.1. The van der Waals surface area contributed by atoms with Gasteiger partial charge in [-0.2, -0.15) is 0 Å². The molecule has 0 radical (unpaired) electrons. The van der Waals surface area contributed by atoms with Crippen molar-refractivity contribution in [2.75, 3.05) is 13.2 Å².